The largest absolute Gasteiger partial charge is 0.494 e. The monoisotopic (exact) mass is 290 g/mol. The summed E-state index contributed by atoms with van der Waals surface area (Å²) in [5.41, 5.74) is 1.27. The van der Waals surface area contributed by atoms with Gasteiger partial charge in [0, 0.05) is 24.1 Å². The third kappa shape index (κ3) is 3.97. The summed E-state index contributed by atoms with van der Waals surface area (Å²) in [4.78, 5) is 0. The van der Waals surface area contributed by atoms with Crippen LogP contribution in [0.3, 0.4) is 0 Å². The van der Waals surface area contributed by atoms with E-state index in [2.05, 4.69) is 25.9 Å². The number of ether oxygens (including phenoxy) is 1. The summed E-state index contributed by atoms with van der Waals surface area (Å²) in [7, 11) is 0. The Morgan fingerprint density at radius 3 is 2.50 bits per heavy atom. The van der Waals surface area contributed by atoms with Gasteiger partial charge in [-0.15, -0.1) is 0 Å². The van der Waals surface area contributed by atoms with Gasteiger partial charge >= 0.3 is 0 Å². The number of nitrogens with one attached hydrogen (secondary N) is 1. The van der Waals surface area contributed by atoms with Gasteiger partial charge in [-0.25, -0.2) is 0 Å². The standard InChI is InChI=1S/C16H22N2OS/c1-16(2,3)14-12-15(20)18(17-14)10-7-11-19-13-8-5-4-6-9-13/h4-6,8-9,12,17H,7,10-11H2,1-3H3. The lowest BCUT2D eigenvalue weighted by molar-refractivity contribution is 0.298. The number of hydrogen-bond acceptors (Lipinski definition) is 2. The van der Waals surface area contributed by atoms with Crippen LogP contribution >= 0.6 is 12.2 Å². The summed E-state index contributed by atoms with van der Waals surface area (Å²) in [6.45, 7) is 8.07. The Morgan fingerprint density at radius 2 is 1.90 bits per heavy atom. The highest BCUT2D eigenvalue weighted by Crippen LogP contribution is 2.20. The van der Waals surface area contributed by atoms with Crippen LogP contribution in [0.25, 0.3) is 0 Å². The first-order valence-electron chi connectivity index (χ1n) is 6.95. The van der Waals surface area contributed by atoms with Gasteiger partial charge in [-0.3, -0.25) is 4.68 Å². The van der Waals surface area contributed by atoms with Gasteiger partial charge < -0.3 is 9.84 Å². The molecule has 0 amide bonds. The highest BCUT2D eigenvalue weighted by Gasteiger charge is 2.16. The van der Waals surface area contributed by atoms with Gasteiger partial charge in [0.2, 0.25) is 0 Å². The van der Waals surface area contributed by atoms with Crippen molar-refractivity contribution < 1.29 is 4.74 Å². The van der Waals surface area contributed by atoms with Crippen LogP contribution in [0.4, 0.5) is 0 Å². The average molecular weight is 290 g/mol. The smallest absolute Gasteiger partial charge is 0.122 e. The molecule has 1 aromatic heterocycles. The average Bonchev–Trinajstić information content (AvgIpc) is 2.77. The second-order valence-electron chi connectivity index (χ2n) is 5.92. The van der Waals surface area contributed by atoms with Crippen LogP contribution < -0.4 is 4.74 Å². The van der Waals surface area contributed by atoms with Crippen LogP contribution in [0.15, 0.2) is 36.4 Å². The molecule has 1 N–H and O–H groups in total. The number of aromatic nitrogens is 2. The van der Waals surface area contributed by atoms with E-state index in [1.807, 2.05) is 41.1 Å². The third-order valence-electron chi connectivity index (χ3n) is 3.14. The van der Waals surface area contributed by atoms with Gasteiger partial charge in [-0.2, -0.15) is 0 Å². The zero-order valence-electron chi connectivity index (χ0n) is 12.3. The number of aryl methyl sites for hydroxylation is 1. The number of H-pyrrole nitrogens is 1. The van der Waals surface area contributed by atoms with E-state index in [1.54, 1.807) is 0 Å². The lowest BCUT2D eigenvalue weighted by Crippen LogP contribution is -2.13. The molecule has 0 fully saturated rings. The molecule has 0 spiro atoms. The molecule has 0 aliphatic rings. The lowest BCUT2D eigenvalue weighted by Gasteiger charge is -2.15. The first kappa shape index (κ1) is 14.9. The van der Waals surface area contributed by atoms with Crippen LogP contribution in [0.5, 0.6) is 5.75 Å². The first-order valence-corrected chi connectivity index (χ1v) is 7.36. The van der Waals surface area contributed by atoms with E-state index < -0.39 is 0 Å². The minimum absolute atomic E-state index is 0.0966. The van der Waals surface area contributed by atoms with Gasteiger partial charge in [0.05, 0.1) is 6.61 Å². The minimum atomic E-state index is 0.0966. The Hall–Kier alpha value is -1.55. The third-order valence-corrected chi connectivity index (χ3v) is 3.47. The van der Waals surface area contributed by atoms with Crippen molar-refractivity contribution in [3.05, 3.63) is 46.7 Å². The Kier molecular flexibility index (Phi) is 4.65. The molecular weight excluding hydrogens is 268 g/mol. The number of rotatable bonds is 5. The predicted octanol–water partition coefficient (Wildman–Crippen LogP) is 4.31. The Balaban J connectivity index is 1.86. The van der Waals surface area contributed by atoms with Crippen LogP contribution in [0.2, 0.25) is 0 Å². The maximum atomic E-state index is 5.68. The van der Waals surface area contributed by atoms with E-state index in [0.29, 0.717) is 6.61 Å². The molecule has 0 bridgehead atoms. The molecule has 0 atom stereocenters. The summed E-state index contributed by atoms with van der Waals surface area (Å²) < 4.78 is 8.55. The van der Waals surface area contributed by atoms with E-state index in [9.17, 15) is 0 Å². The predicted molar refractivity (Wildman–Crippen MR) is 84.9 cm³/mol. The van der Waals surface area contributed by atoms with Crippen molar-refractivity contribution in [3.63, 3.8) is 0 Å². The summed E-state index contributed by atoms with van der Waals surface area (Å²) in [5.74, 6) is 0.915. The van der Waals surface area contributed by atoms with E-state index in [1.165, 1.54) is 5.69 Å². The molecule has 0 radical (unpaired) electrons. The molecule has 108 valence electrons. The number of nitrogens with zero attached hydrogens (tertiary/aromatic N) is 1. The molecule has 0 aliphatic carbocycles. The van der Waals surface area contributed by atoms with E-state index in [-0.39, 0.29) is 5.41 Å². The quantitative estimate of drug-likeness (QED) is 0.657. The van der Waals surface area contributed by atoms with Crippen molar-refractivity contribution >= 4 is 12.2 Å². The lowest BCUT2D eigenvalue weighted by atomic mass is 9.93. The Labute approximate surface area is 125 Å². The van der Waals surface area contributed by atoms with E-state index >= 15 is 0 Å². The van der Waals surface area contributed by atoms with E-state index in [4.69, 9.17) is 17.0 Å². The number of aromatic amines is 1. The molecule has 0 saturated carbocycles. The zero-order chi connectivity index (χ0) is 14.6. The maximum absolute atomic E-state index is 5.68. The molecule has 0 aliphatic heterocycles. The number of para-hydroxylation sites is 1. The van der Waals surface area contributed by atoms with E-state index in [0.717, 1.165) is 23.4 Å². The topological polar surface area (TPSA) is 29.9 Å². The van der Waals surface area contributed by atoms with Gasteiger partial charge in [-0.1, -0.05) is 51.2 Å². The first-order chi connectivity index (χ1) is 9.47. The molecule has 0 unspecified atom stereocenters. The highest BCUT2D eigenvalue weighted by molar-refractivity contribution is 7.71. The molecule has 20 heavy (non-hydrogen) atoms. The molecule has 2 rings (SSSR count). The van der Waals surface area contributed by atoms with Crippen LogP contribution in [0, 0.1) is 4.64 Å². The molecule has 4 heteroatoms. The van der Waals surface area contributed by atoms with Crippen molar-refractivity contribution in [2.24, 2.45) is 0 Å². The number of hydrogen-bond donors (Lipinski definition) is 1. The van der Waals surface area contributed by atoms with Crippen molar-refractivity contribution in [2.45, 2.75) is 39.2 Å². The summed E-state index contributed by atoms with van der Waals surface area (Å²) in [6, 6.07) is 11.9. The SMILES string of the molecule is CC(C)(C)c1cc(=S)n(CCCOc2ccccc2)[nH]1. The van der Waals surface area contributed by atoms with Crippen LogP contribution in [-0.2, 0) is 12.0 Å². The van der Waals surface area contributed by atoms with Crippen molar-refractivity contribution in [1.82, 2.24) is 9.78 Å². The van der Waals surface area contributed by atoms with Gasteiger partial charge in [0.15, 0.2) is 0 Å². The maximum Gasteiger partial charge on any atom is 0.122 e. The summed E-state index contributed by atoms with van der Waals surface area (Å²) in [5, 5.41) is 3.38. The van der Waals surface area contributed by atoms with Crippen molar-refractivity contribution in [1.29, 1.82) is 0 Å². The van der Waals surface area contributed by atoms with Crippen LogP contribution in [0.1, 0.15) is 32.9 Å². The van der Waals surface area contributed by atoms with Gasteiger partial charge in [-0.05, 0) is 18.2 Å². The molecular formula is C16H22N2OS. The molecule has 2 aromatic rings. The normalized spacial score (nSPS) is 11.6. The second-order valence-corrected chi connectivity index (χ2v) is 6.34. The fourth-order valence-corrected chi connectivity index (χ4v) is 2.17. The molecule has 1 aromatic carbocycles. The fraction of sp³-hybridized carbons (Fsp3) is 0.438. The molecule has 3 nitrogen and oxygen atoms in total. The second kappa shape index (κ2) is 6.27. The number of benzene rings is 1. The fourth-order valence-electron chi connectivity index (χ4n) is 1.91. The highest BCUT2D eigenvalue weighted by atomic mass is 32.1. The Bertz CT molecular complexity index is 593. The minimum Gasteiger partial charge on any atom is -0.494 e. The van der Waals surface area contributed by atoms with Gasteiger partial charge in [0.1, 0.15) is 10.4 Å². The van der Waals surface area contributed by atoms with Crippen molar-refractivity contribution in [3.8, 4) is 5.75 Å². The zero-order valence-corrected chi connectivity index (χ0v) is 13.2. The summed E-state index contributed by atoms with van der Waals surface area (Å²) >= 11 is 5.38. The van der Waals surface area contributed by atoms with Gasteiger partial charge in [0.25, 0.3) is 0 Å². The molecule has 0 saturated heterocycles. The van der Waals surface area contributed by atoms with Crippen molar-refractivity contribution in [2.75, 3.05) is 6.61 Å². The molecule has 1 heterocycles. The Morgan fingerprint density at radius 1 is 1.20 bits per heavy atom. The summed E-state index contributed by atoms with van der Waals surface area (Å²) in [6.07, 6.45) is 0.924. The van der Waals surface area contributed by atoms with Crippen LogP contribution in [-0.4, -0.2) is 16.4 Å².